The van der Waals surface area contributed by atoms with E-state index in [1.807, 2.05) is 13.8 Å². The minimum atomic E-state index is -1.47. The second kappa shape index (κ2) is 6.82. The van der Waals surface area contributed by atoms with E-state index in [0.29, 0.717) is 28.6 Å². The van der Waals surface area contributed by atoms with Crippen LogP contribution >= 0.6 is 0 Å². The number of ether oxygens (including phenoxy) is 1. The van der Waals surface area contributed by atoms with Gasteiger partial charge in [-0.25, -0.2) is 14.2 Å². The minimum Gasteiger partial charge on any atom is -0.458 e. The van der Waals surface area contributed by atoms with Crippen molar-refractivity contribution in [3.05, 3.63) is 57.1 Å². The first kappa shape index (κ1) is 19.8. The molecule has 0 saturated carbocycles. The molecule has 6 rings (SSSR count). The second-order valence-electron chi connectivity index (χ2n) is 9.47. The predicted molar refractivity (Wildman–Crippen MR) is 116 cm³/mol. The van der Waals surface area contributed by atoms with Crippen LogP contribution in [0.3, 0.4) is 0 Å². The van der Waals surface area contributed by atoms with Gasteiger partial charge < -0.3 is 9.84 Å². The molecule has 1 aromatic carbocycles. The number of aliphatic hydroxyl groups excluding tert-OH is 1. The molecule has 32 heavy (non-hydrogen) atoms. The highest BCUT2D eigenvalue weighted by atomic mass is 19.1. The lowest BCUT2D eigenvalue weighted by Gasteiger charge is -2.25. The summed E-state index contributed by atoms with van der Waals surface area (Å²) in [7, 11) is 0. The number of hydrogen-bond acceptors (Lipinski definition) is 5. The zero-order valence-electron chi connectivity index (χ0n) is 18.1. The maximum absolute atomic E-state index is 14.7. The largest absolute Gasteiger partial charge is 0.458 e. The van der Waals surface area contributed by atoms with Gasteiger partial charge in [0.25, 0.3) is 0 Å². The summed E-state index contributed by atoms with van der Waals surface area (Å²) >= 11 is 0. The first-order chi connectivity index (χ1) is 15.4. The number of fused-ring (bicyclic) bond motifs is 5. The second-order valence-corrected chi connectivity index (χ2v) is 9.47. The van der Waals surface area contributed by atoms with E-state index >= 15 is 0 Å². The van der Waals surface area contributed by atoms with E-state index in [4.69, 9.17) is 9.72 Å². The number of carbonyl (C=O) groups is 2. The first-order valence-corrected chi connectivity index (χ1v) is 11.3. The molecule has 1 aromatic heterocycles. The Kier molecular flexibility index (Phi) is 4.22. The lowest BCUT2D eigenvalue weighted by Crippen LogP contribution is -2.35. The molecular formula is C26H24FNO4. The van der Waals surface area contributed by atoms with Crippen LogP contribution in [-0.2, 0) is 33.6 Å². The maximum Gasteiger partial charge on any atom is 0.340 e. The molecule has 6 heteroatoms. The van der Waals surface area contributed by atoms with E-state index in [1.165, 1.54) is 11.6 Å². The van der Waals surface area contributed by atoms with Crippen LogP contribution in [0.4, 0.5) is 4.39 Å². The number of aliphatic hydroxyl groups is 1. The number of pyridine rings is 1. The number of cyclic esters (lactones) is 1. The number of aromatic nitrogens is 1. The Balaban J connectivity index is 1.67. The van der Waals surface area contributed by atoms with Crippen LogP contribution in [0.5, 0.6) is 0 Å². The van der Waals surface area contributed by atoms with E-state index in [-0.39, 0.29) is 30.0 Å². The summed E-state index contributed by atoms with van der Waals surface area (Å²) in [6.45, 7) is 3.74. The van der Waals surface area contributed by atoms with Gasteiger partial charge in [0.1, 0.15) is 12.4 Å². The Morgan fingerprint density at radius 3 is 2.75 bits per heavy atom. The molecule has 3 aliphatic carbocycles. The molecule has 1 N–H and O–H groups in total. The zero-order valence-corrected chi connectivity index (χ0v) is 18.1. The standard InChI is InChI=1S/C26H24FNO4/c1-11-14-6-7-16-15-5-3-4-13-12(2)20(27)9-21(22(13)15)28-23(16)17(11)8-18-19(24(14)29)10-32-26(31)25(18)30/h8-9,11,14,25,30H,3-7,10H2,1-2H3/t11?,14?,25-/m0/s1. The number of halogens is 1. The summed E-state index contributed by atoms with van der Waals surface area (Å²) in [6, 6.07) is 1.52. The number of ketones is 1. The molecular weight excluding hydrogens is 409 g/mol. The number of rotatable bonds is 0. The maximum atomic E-state index is 14.7. The van der Waals surface area contributed by atoms with Crippen LogP contribution in [0.1, 0.15) is 47.7 Å². The molecule has 164 valence electrons. The molecule has 0 radical (unpaired) electrons. The summed E-state index contributed by atoms with van der Waals surface area (Å²) in [5, 5.41) is 11.6. The van der Waals surface area contributed by atoms with E-state index in [9.17, 15) is 19.1 Å². The van der Waals surface area contributed by atoms with E-state index in [2.05, 4.69) is 0 Å². The van der Waals surface area contributed by atoms with Gasteiger partial charge in [0.05, 0.1) is 11.2 Å². The predicted octanol–water partition coefficient (Wildman–Crippen LogP) is 3.55. The average molecular weight is 433 g/mol. The SMILES string of the molecule is Cc1c(F)cc2nc3c(c4c2c1CCC4)CCC1C(=O)C2=C(C=C3C1C)[C@H](O)C(=O)OC2. The van der Waals surface area contributed by atoms with Crippen LogP contribution in [0.15, 0.2) is 23.3 Å². The lowest BCUT2D eigenvalue weighted by atomic mass is 9.82. The number of allylic oxidation sites excluding steroid dienone is 1. The van der Waals surface area contributed by atoms with Crippen molar-refractivity contribution in [1.82, 2.24) is 4.98 Å². The van der Waals surface area contributed by atoms with Gasteiger partial charge in [-0.3, -0.25) is 4.79 Å². The average Bonchev–Trinajstić information content (AvgIpc) is 2.98. The molecule has 2 unspecified atom stereocenters. The zero-order chi connectivity index (χ0) is 22.3. The number of esters is 1. The molecule has 4 aliphatic rings. The third-order valence-corrected chi connectivity index (χ3v) is 7.91. The number of hydrogen-bond donors (Lipinski definition) is 1. The highest BCUT2D eigenvalue weighted by Crippen LogP contribution is 2.46. The van der Waals surface area contributed by atoms with Crippen molar-refractivity contribution in [2.75, 3.05) is 6.61 Å². The van der Waals surface area contributed by atoms with Gasteiger partial charge in [0, 0.05) is 28.5 Å². The molecule has 0 fully saturated rings. The topological polar surface area (TPSA) is 76.5 Å². The molecule has 2 heterocycles. The Morgan fingerprint density at radius 2 is 1.94 bits per heavy atom. The third-order valence-electron chi connectivity index (χ3n) is 7.91. The molecule has 0 saturated heterocycles. The number of carbonyl (C=O) groups excluding carboxylic acids is 2. The lowest BCUT2D eigenvalue weighted by molar-refractivity contribution is -0.152. The highest BCUT2D eigenvalue weighted by molar-refractivity contribution is 6.04. The van der Waals surface area contributed by atoms with E-state index in [1.54, 1.807) is 6.08 Å². The van der Waals surface area contributed by atoms with Gasteiger partial charge >= 0.3 is 5.97 Å². The molecule has 3 atom stereocenters. The number of benzene rings is 1. The normalized spacial score (nSPS) is 26.8. The van der Waals surface area contributed by atoms with Gasteiger partial charge in [-0.05, 0) is 78.8 Å². The minimum absolute atomic E-state index is 0.0566. The van der Waals surface area contributed by atoms with Crippen molar-refractivity contribution in [3.63, 3.8) is 0 Å². The fourth-order valence-corrected chi connectivity index (χ4v) is 6.14. The van der Waals surface area contributed by atoms with Gasteiger partial charge in [-0.1, -0.05) is 6.92 Å². The number of nitrogens with zero attached hydrogens (tertiary/aromatic N) is 1. The Bertz CT molecular complexity index is 1310. The van der Waals surface area contributed by atoms with Crippen molar-refractivity contribution in [1.29, 1.82) is 0 Å². The Morgan fingerprint density at radius 1 is 1.16 bits per heavy atom. The smallest absolute Gasteiger partial charge is 0.340 e. The van der Waals surface area contributed by atoms with Crippen molar-refractivity contribution >= 4 is 28.2 Å². The summed E-state index contributed by atoms with van der Waals surface area (Å²) in [6.07, 6.45) is 4.41. The van der Waals surface area contributed by atoms with Crippen molar-refractivity contribution in [2.24, 2.45) is 11.8 Å². The van der Waals surface area contributed by atoms with Gasteiger partial charge in [0.2, 0.25) is 0 Å². The molecule has 2 aromatic rings. The fraction of sp³-hybridized carbons (Fsp3) is 0.423. The van der Waals surface area contributed by atoms with Crippen molar-refractivity contribution in [3.8, 4) is 0 Å². The highest BCUT2D eigenvalue weighted by Gasteiger charge is 2.42. The quantitative estimate of drug-likeness (QED) is 0.643. The monoisotopic (exact) mass is 433 g/mol. The molecule has 5 nitrogen and oxygen atoms in total. The number of aryl methyl sites for hydroxylation is 2. The van der Waals surface area contributed by atoms with Crippen LogP contribution in [0.2, 0.25) is 0 Å². The Hall–Kier alpha value is -2.86. The van der Waals surface area contributed by atoms with E-state index < -0.39 is 12.1 Å². The van der Waals surface area contributed by atoms with Gasteiger partial charge in [-0.2, -0.15) is 0 Å². The van der Waals surface area contributed by atoms with Crippen LogP contribution < -0.4 is 0 Å². The third kappa shape index (κ3) is 2.56. The first-order valence-electron chi connectivity index (χ1n) is 11.3. The molecule has 0 amide bonds. The summed E-state index contributed by atoms with van der Waals surface area (Å²) < 4.78 is 19.8. The Labute approximate surface area is 185 Å². The summed E-state index contributed by atoms with van der Waals surface area (Å²) in [5.74, 6) is -1.44. The van der Waals surface area contributed by atoms with Crippen molar-refractivity contribution < 1.29 is 23.8 Å². The van der Waals surface area contributed by atoms with Gasteiger partial charge in [-0.15, -0.1) is 0 Å². The van der Waals surface area contributed by atoms with E-state index in [0.717, 1.165) is 53.5 Å². The van der Waals surface area contributed by atoms with Crippen LogP contribution in [0.25, 0.3) is 16.5 Å². The van der Waals surface area contributed by atoms with Crippen LogP contribution in [0, 0.1) is 24.6 Å². The fourth-order valence-electron chi connectivity index (χ4n) is 6.14. The summed E-state index contributed by atoms with van der Waals surface area (Å²) in [5.41, 5.74) is 7.10. The number of Topliss-reactive ketones (excluding diaryl/α,β-unsaturated/α-hetero) is 1. The van der Waals surface area contributed by atoms with Crippen LogP contribution in [-0.4, -0.2) is 34.6 Å². The van der Waals surface area contributed by atoms with Crippen molar-refractivity contribution in [2.45, 2.75) is 52.1 Å². The van der Waals surface area contributed by atoms with Gasteiger partial charge in [0.15, 0.2) is 11.9 Å². The molecule has 0 spiro atoms. The summed E-state index contributed by atoms with van der Waals surface area (Å²) in [4.78, 5) is 30.4. The molecule has 2 bridgehead atoms. The molecule has 1 aliphatic heterocycles.